The molecule has 1 atom stereocenters. The zero-order valence-electron chi connectivity index (χ0n) is 19.0. The van der Waals surface area contributed by atoms with Crippen LogP contribution in [0.25, 0.3) is 11.3 Å². The molecule has 1 amide bonds. The number of hydrogen-bond donors (Lipinski definition) is 1. The molecule has 7 nitrogen and oxygen atoms in total. The van der Waals surface area contributed by atoms with Gasteiger partial charge in [0.05, 0.1) is 17.4 Å². The fourth-order valence-corrected chi connectivity index (χ4v) is 3.71. The lowest BCUT2D eigenvalue weighted by atomic mass is 10.1. The highest BCUT2D eigenvalue weighted by Gasteiger charge is 2.23. The Morgan fingerprint density at radius 1 is 1.15 bits per heavy atom. The van der Waals surface area contributed by atoms with E-state index in [0.29, 0.717) is 17.6 Å². The Hall–Kier alpha value is -4.01. The maximum Gasteiger partial charge on any atom is 0.355 e. The monoisotopic (exact) mass is 466 g/mol. The number of ether oxygens (including phenoxy) is 1. The van der Waals surface area contributed by atoms with Crippen LogP contribution in [0, 0.1) is 18.6 Å². The highest BCUT2D eigenvalue weighted by atomic mass is 19.1. The summed E-state index contributed by atoms with van der Waals surface area (Å²) in [5, 5.41) is 6.70. The van der Waals surface area contributed by atoms with Gasteiger partial charge >= 0.3 is 5.69 Å². The maximum atomic E-state index is 15.2. The van der Waals surface area contributed by atoms with Crippen molar-refractivity contribution < 1.29 is 18.3 Å². The summed E-state index contributed by atoms with van der Waals surface area (Å²) in [7, 11) is 0. The first-order valence-electron chi connectivity index (χ1n) is 10.9. The van der Waals surface area contributed by atoms with Gasteiger partial charge < -0.3 is 10.1 Å². The van der Waals surface area contributed by atoms with Crippen molar-refractivity contribution in [2.24, 2.45) is 0 Å². The van der Waals surface area contributed by atoms with E-state index in [1.165, 1.54) is 28.8 Å². The molecule has 176 valence electrons. The van der Waals surface area contributed by atoms with Crippen LogP contribution in [0.2, 0.25) is 0 Å². The van der Waals surface area contributed by atoms with E-state index in [0.717, 1.165) is 17.2 Å². The number of benzene rings is 2. The van der Waals surface area contributed by atoms with Crippen LogP contribution in [0.1, 0.15) is 42.6 Å². The quantitative estimate of drug-likeness (QED) is 0.421. The summed E-state index contributed by atoms with van der Waals surface area (Å²) in [6.07, 6.45) is 2.76. The maximum absolute atomic E-state index is 15.2. The van der Waals surface area contributed by atoms with Crippen molar-refractivity contribution in [1.29, 1.82) is 0 Å². The Morgan fingerprint density at radius 3 is 2.65 bits per heavy atom. The van der Waals surface area contributed by atoms with Gasteiger partial charge in [-0.3, -0.25) is 4.79 Å². The molecule has 0 aliphatic heterocycles. The van der Waals surface area contributed by atoms with Gasteiger partial charge in [-0.05, 0) is 50.1 Å². The molecular formula is C25H24F2N4O3. The molecule has 4 aromatic rings. The number of fused-ring (bicyclic) bond motifs is 1. The summed E-state index contributed by atoms with van der Waals surface area (Å²) >= 11 is 0. The predicted molar refractivity (Wildman–Crippen MR) is 125 cm³/mol. The van der Waals surface area contributed by atoms with Crippen LogP contribution in [0.3, 0.4) is 0 Å². The summed E-state index contributed by atoms with van der Waals surface area (Å²) in [6.45, 7) is 5.46. The van der Waals surface area contributed by atoms with Crippen molar-refractivity contribution in [2.45, 2.75) is 39.7 Å². The molecule has 0 unspecified atom stereocenters. The number of para-hydroxylation sites is 1. The zero-order chi connectivity index (χ0) is 24.4. The first-order valence-corrected chi connectivity index (χ1v) is 10.9. The number of nitrogens with zero attached hydrogens (tertiary/aromatic N) is 3. The minimum Gasteiger partial charge on any atom is -0.490 e. The molecule has 0 radical (unpaired) electrons. The Bertz CT molecular complexity index is 1410. The Morgan fingerprint density at radius 2 is 1.94 bits per heavy atom. The van der Waals surface area contributed by atoms with Crippen LogP contribution in [0.5, 0.6) is 5.75 Å². The van der Waals surface area contributed by atoms with Gasteiger partial charge in [0, 0.05) is 12.3 Å². The molecule has 4 rings (SSSR count). The predicted octanol–water partition coefficient (Wildman–Crippen LogP) is 4.89. The van der Waals surface area contributed by atoms with Crippen LogP contribution >= 0.6 is 0 Å². The summed E-state index contributed by atoms with van der Waals surface area (Å²) < 4.78 is 37.7. The Labute approximate surface area is 194 Å². The van der Waals surface area contributed by atoms with E-state index < -0.39 is 23.2 Å². The van der Waals surface area contributed by atoms with Gasteiger partial charge in [0.2, 0.25) is 0 Å². The molecular weight excluding hydrogens is 442 g/mol. The number of halogens is 2. The Kier molecular flexibility index (Phi) is 6.45. The molecule has 9 heteroatoms. The third-order valence-electron chi connectivity index (χ3n) is 5.43. The zero-order valence-corrected chi connectivity index (χ0v) is 19.0. The van der Waals surface area contributed by atoms with Crippen molar-refractivity contribution in [1.82, 2.24) is 14.2 Å². The second-order valence-corrected chi connectivity index (χ2v) is 8.03. The third-order valence-corrected chi connectivity index (χ3v) is 5.43. The highest BCUT2D eigenvalue weighted by molar-refractivity contribution is 6.06. The number of carbonyl (C=O) groups excluding carboxylic acids is 1. The summed E-state index contributed by atoms with van der Waals surface area (Å²) in [5.74, 6) is -2.13. The molecule has 0 saturated carbocycles. The van der Waals surface area contributed by atoms with Gasteiger partial charge in [0.25, 0.3) is 5.91 Å². The van der Waals surface area contributed by atoms with E-state index >= 15 is 4.39 Å². The highest BCUT2D eigenvalue weighted by Crippen LogP contribution is 2.29. The average Bonchev–Trinajstić information content (AvgIpc) is 3.14. The van der Waals surface area contributed by atoms with Gasteiger partial charge in [0.15, 0.2) is 5.65 Å². The van der Waals surface area contributed by atoms with Gasteiger partial charge in [-0.15, -0.1) is 5.10 Å². The van der Waals surface area contributed by atoms with Crippen LogP contribution < -0.4 is 15.7 Å². The van der Waals surface area contributed by atoms with Crippen LogP contribution in [0.15, 0.2) is 59.5 Å². The third kappa shape index (κ3) is 4.41. The molecule has 0 fully saturated rings. The number of nitrogens with one attached hydrogen (secondary N) is 1. The van der Waals surface area contributed by atoms with Crippen molar-refractivity contribution >= 4 is 17.2 Å². The molecule has 2 heterocycles. The number of pyridine rings is 1. The molecule has 1 N–H and O–H groups in total. The average molecular weight is 466 g/mol. The van der Waals surface area contributed by atoms with Gasteiger partial charge in [-0.25, -0.2) is 18.0 Å². The molecule has 0 bridgehead atoms. The second kappa shape index (κ2) is 9.46. The van der Waals surface area contributed by atoms with Crippen molar-refractivity contribution in [3.8, 4) is 11.4 Å². The van der Waals surface area contributed by atoms with E-state index in [4.69, 9.17) is 4.74 Å². The van der Waals surface area contributed by atoms with Gasteiger partial charge in [0.1, 0.15) is 23.1 Å². The largest absolute Gasteiger partial charge is 0.490 e. The number of hydrogen-bond acceptors (Lipinski definition) is 4. The van der Waals surface area contributed by atoms with E-state index in [1.807, 2.05) is 13.8 Å². The summed E-state index contributed by atoms with van der Waals surface area (Å²) in [5.41, 5.74) is 0.00567. The topological polar surface area (TPSA) is 77.6 Å². The standard InChI is InChI=1S/C25H24F2N4O3/c1-4-8-16(3)34-21-14-20(31-25(33)30-12-6-5-11-22(30)29-31)19(27)13-17(21)24(32)28-23-15(2)9-7-10-18(23)26/h5-7,9-14,16H,4,8H2,1-3H3,(H,28,32)/t16-/m0/s1. The lowest BCUT2D eigenvalue weighted by Gasteiger charge is -2.18. The number of carbonyl (C=O) groups is 1. The normalized spacial score (nSPS) is 12.0. The number of rotatable bonds is 7. The lowest BCUT2D eigenvalue weighted by molar-refractivity contribution is 0.101. The number of aryl methyl sites for hydroxylation is 1. The summed E-state index contributed by atoms with van der Waals surface area (Å²) in [6, 6.07) is 11.7. The van der Waals surface area contributed by atoms with Crippen molar-refractivity contribution in [2.75, 3.05) is 5.32 Å². The minimum absolute atomic E-state index is 0.00103. The molecule has 0 aliphatic carbocycles. The molecule has 2 aromatic carbocycles. The SMILES string of the molecule is CCC[C@H](C)Oc1cc(-n2nc3ccccn3c2=O)c(F)cc1C(=O)Nc1c(C)cccc1F. The fourth-order valence-electron chi connectivity index (χ4n) is 3.71. The lowest BCUT2D eigenvalue weighted by Crippen LogP contribution is -2.22. The minimum atomic E-state index is -0.851. The molecule has 34 heavy (non-hydrogen) atoms. The molecule has 0 spiro atoms. The van der Waals surface area contributed by atoms with Gasteiger partial charge in [-0.1, -0.05) is 31.5 Å². The van der Waals surface area contributed by atoms with E-state index in [1.54, 1.807) is 31.2 Å². The number of amides is 1. The van der Waals surface area contributed by atoms with E-state index in [2.05, 4.69) is 10.4 Å². The number of anilines is 1. The van der Waals surface area contributed by atoms with E-state index in [9.17, 15) is 14.0 Å². The van der Waals surface area contributed by atoms with Crippen LogP contribution in [-0.4, -0.2) is 26.2 Å². The number of aromatic nitrogens is 3. The van der Waals surface area contributed by atoms with Crippen LogP contribution in [0.4, 0.5) is 14.5 Å². The fraction of sp³-hybridized carbons (Fsp3) is 0.240. The smallest absolute Gasteiger partial charge is 0.355 e. The Balaban J connectivity index is 1.81. The second-order valence-electron chi connectivity index (χ2n) is 8.03. The van der Waals surface area contributed by atoms with Crippen LogP contribution in [-0.2, 0) is 0 Å². The molecule has 0 saturated heterocycles. The van der Waals surface area contributed by atoms with Crippen molar-refractivity contribution in [3.63, 3.8) is 0 Å². The van der Waals surface area contributed by atoms with Crippen molar-refractivity contribution in [3.05, 3.63) is 88.0 Å². The van der Waals surface area contributed by atoms with E-state index in [-0.39, 0.29) is 28.8 Å². The first-order chi connectivity index (χ1) is 16.3. The first kappa shape index (κ1) is 23.2. The summed E-state index contributed by atoms with van der Waals surface area (Å²) in [4.78, 5) is 25.9. The molecule has 0 aliphatic rings. The van der Waals surface area contributed by atoms with Gasteiger partial charge in [-0.2, -0.15) is 4.68 Å². The molecule has 2 aromatic heterocycles.